The molecule has 1 aliphatic rings. The fourth-order valence-corrected chi connectivity index (χ4v) is 2.41. The SMILES string of the molecule is O=[N+]([O-])C(c1ccccc1)(N1CCOCC1)C(F)(F)F. The average Bonchev–Trinajstić information content (AvgIpc) is 2.40. The summed E-state index contributed by atoms with van der Waals surface area (Å²) in [6.07, 6.45) is -5.03. The number of morpholine rings is 1. The minimum absolute atomic E-state index is 0.0402. The van der Waals surface area contributed by atoms with E-state index in [0.29, 0.717) is 0 Å². The van der Waals surface area contributed by atoms with Gasteiger partial charge in [-0.1, -0.05) is 18.2 Å². The Balaban J connectivity index is 2.59. The lowest BCUT2D eigenvalue weighted by atomic mass is 9.96. The minimum Gasteiger partial charge on any atom is -0.379 e. The van der Waals surface area contributed by atoms with Crippen LogP contribution in [0.3, 0.4) is 0 Å². The van der Waals surface area contributed by atoms with Crippen molar-refractivity contribution in [3.8, 4) is 0 Å². The van der Waals surface area contributed by atoms with Crippen molar-refractivity contribution in [3.63, 3.8) is 0 Å². The first-order valence-electron chi connectivity index (χ1n) is 6.00. The number of halogens is 3. The van der Waals surface area contributed by atoms with E-state index in [1.807, 2.05) is 0 Å². The van der Waals surface area contributed by atoms with Crippen LogP contribution in [0.4, 0.5) is 13.2 Å². The third-order valence-electron chi connectivity index (χ3n) is 3.30. The second-order valence-electron chi connectivity index (χ2n) is 4.39. The molecule has 1 saturated heterocycles. The van der Waals surface area contributed by atoms with E-state index in [1.54, 1.807) is 0 Å². The smallest absolute Gasteiger partial charge is 0.379 e. The molecule has 5 nitrogen and oxygen atoms in total. The standard InChI is InChI=1S/C12H13F3N2O3/c13-12(14,15)11(17(18)19,10-4-2-1-3-5-10)16-6-8-20-9-7-16/h1-5H,6-9H2. The maximum Gasteiger partial charge on any atom is 0.481 e. The molecule has 0 spiro atoms. The highest BCUT2D eigenvalue weighted by molar-refractivity contribution is 5.24. The fraction of sp³-hybridized carbons (Fsp3) is 0.500. The molecule has 2 rings (SSSR count). The monoisotopic (exact) mass is 290 g/mol. The van der Waals surface area contributed by atoms with E-state index in [0.717, 1.165) is 17.0 Å². The molecular formula is C12H13F3N2O3. The molecule has 0 N–H and O–H groups in total. The quantitative estimate of drug-likeness (QED) is 0.631. The lowest BCUT2D eigenvalue weighted by Crippen LogP contribution is -2.63. The summed E-state index contributed by atoms with van der Waals surface area (Å²) in [5, 5.41) is 11.4. The number of hydrogen-bond donors (Lipinski definition) is 0. The van der Waals surface area contributed by atoms with Gasteiger partial charge in [0.1, 0.15) is 0 Å². The van der Waals surface area contributed by atoms with Gasteiger partial charge in [-0.3, -0.25) is 10.1 Å². The molecule has 1 aromatic carbocycles. The number of nitrogens with zero attached hydrogens (tertiary/aromatic N) is 2. The molecule has 1 heterocycles. The number of benzene rings is 1. The van der Waals surface area contributed by atoms with Crippen LogP contribution in [0.15, 0.2) is 30.3 Å². The van der Waals surface area contributed by atoms with Gasteiger partial charge in [-0.2, -0.15) is 13.2 Å². The van der Waals surface area contributed by atoms with Crippen molar-refractivity contribution < 1.29 is 22.8 Å². The minimum atomic E-state index is -5.03. The molecule has 1 atom stereocenters. The van der Waals surface area contributed by atoms with Crippen LogP contribution < -0.4 is 0 Å². The van der Waals surface area contributed by atoms with Gasteiger partial charge in [0.15, 0.2) is 0 Å². The Labute approximate surface area is 113 Å². The summed E-state index contributed by atoms with van der Waals surface area (Å²) in [5.41, 5.74) is -3.61. The summed E-state index contributed by atoms with van der Waals surface area (Å²) in [6, 6.07) is 6.50. The molecule has 1 fully saturated rings. The second-order valence-corrected chi connectivity index (χ2v) is 4.39. The molecule has 20 heavy (non-hydrogen) atoms. The van der Waals surface area contributed by atoms with E-state index in [1.165, 1.54) is 18.2 Å². The summed E-state index contributed by atoms with van der Waals surface area (Å²) >= 11 is 0. The zero-order chi connectivity index (χ0) is 14.8. The van der Waals surface area contributed by atoms with Gasteiger partial charge in [0.05, 0.1) is 23.7 Å². The van der Waals surface area contributed by atoms with Crippen LogP contribution >= 0.6 is 0 Å². The Bertz CT molecular complexity index is 475. The molecule has 1 aromatic rings. The number of rotatable bonds is 3. The topological polar surface area (TPSA) is 55.6 Å². The molecule has 0 amide bonds. The van der Waals surface area contributed by atoms with Crippen LogP contribution in [-0.4, -0.2) is 42.3 Å². The van der Waals surface area contributed by atoms with Crippen LogP contribution in [0.2, 0.25) is 0 Å². The van der Waals surface area contributed by atoms with Gasteiger partial charge >= 0.3 is 11.8 Å². The zero-order valence-electron chi connectivity index (χ0n) is 10.5. The van der Waals surface area contributed by atoms with E-state index in [-0.39, 0.29) is 31.9 Å². The van der Waals surface area contributed by atoms with E-state index >= 15 is 0 Å². The summed E-state index contributed by atoms with van der Waals surface area (Å²) in [6.45, 7) is -0.207. The summed E-state index contributed by atoms with van der Waals surface area (Å²) in [7, 11) is 0. The number of ether oxygens (including phenoxy) is 1. The predicted octanol–water partition coefficient (Wildman–Crippen LogP) is 2.01. The van der Waals surface area contributed by atoms with Crippen molar-refractivity contribution in [1.82, 2.24) is 4.90 Å². The molecule has 1 aliphatic heterocycles. The van der Waals surface area contributed by atoms with Crippen LogP contribution in [0.5, 0.6) is 0 Å². The first-order chi connectivity index (χ1) is 9.40. The first-order valence-corrected chi connectivity index (χ1v) is 6.00. The van der Waals surface area contributed by atoms with Crippen LogP contribution in [-0.2, 0) is 10.4 Å². The zero-order valence-corrected chi connectivity index (χ0v) is 10.5. The third kappa shape index (κ3) is 2.25. The van der Waals surface area contributed by atoms with Crippen molar-refractivity contribution in [2.24, 2.45) is 0 Å². The summed E-state index contributed by atoms with van der Waals surface area (Å²) in [5.74, 6) is 0. The van der Waals surface area contributed by atoms with Gasteiger partial charge in [0.25, 0.3) is 0 Å². The largest absolute Gasteiger partial charge is 0.481 e. The number of hydrogen-bond acceptors (Lipinski definition) is 4. The lowest BCUT2D eigenvalue weighted by molar-refractivity contribution is -0.657. The van der Waals surface area contributed by atoms with Crippen molar-refractivity contribution in [2.75, 3.05) is 26.3 Å². The highest BCUT2D eigenvalue weighted by Crippen LogP contribution is 2.44. The van der Waals surface area contributed by atoms with Crippen molar-refractivity contribution in [3.05, 3.63) is 46.0 Å². The number of nitro groups is 1. The Morgan fingerprint density at radius 1 is 1.15 bits per heavy atom. The van der Waals surface area contributed by atoms with Crippen molar-refractivity contribution >= 4 is 0 Å². The van der Waals surface area contributed by atoms with E-state index < -0.39 is 16.8 Å². The van der Waals surface area contributed by atoms with Gasteiger partial charge in [0.2, 0.25) is 0 Å². The van der Waals surface area contributed by atoms with Crippen LogP contribution in [0.1, 0.15) is 5.56 Å². The van der Waals surface area contributed by atoms with Crippen LogP contribution in [0, 0.1) is 10.1 Å². The van der Waals surface area contributed by atoms with E-state index in [9.17, 15) is 23.3 Å². The van der Waals surface area contributed by atoms with Gasteiger partial charge in [-0.25, -0.2) is 4.90 Å². The molecular weight excluding hydrogens is 277 g/mol. The molecule has 0 aliphatic carbocycles. The van der Waals surface area contributed by atoms with Gasteiger partial charge in [0, 0.05) is 13.1 Å². The molecule has 8 heteroatoms. The highest BCUT2D eigenvalue weighted by atomic mass is 19.4. The predicted molar refractivity (Wildman–Crippen MR) is 63.6 cm³/mol. The summed E-state index contributed by atoms with van der Waals surface area (Å²) in [4.78, 5) is 10.9. The normalized spacial score (nSPS) is 20.4. The molecule has 0 bridgehead atoms. The Morgan fingerprint density at radius 3 is 2.15 bits per heavy atom. The molecule has 0 radical (unpaired) electrons. The maximum atomic E-state index is 13.6. The first kappa shape index (κ1) is 14.7. The molecule has 0 aromatic heterocycles. The molecule has 110 valence electrons. The number of alkyl halides is 3. The molecule has 1 unspecified atom stereocenters. The van der Waals surface area contributed by atoms with Crippen LogP contribution in [0.25, 0.3) is 0 Å². The third-order valence-corrected chi connectivity index (χ3v) is 3.30. The summed E-state index contributed by atoms with van der Waals surface area (Å²) < 4.78 is 45.7. The van der Waals surface area contributed by atoms with Gasteiger partial charge in [-0.05, 0) is 12.1 Å². The Hall–Kier alpha value is -1.67. The fourth-order valence-electron chi connectivity index (χ4n) is 2.41. The second kappa shape index (κ2) is 5.37. The van der Waals surface area contributed by atoms with E-state index in [4.69, 9.17) is 4.74 Å². The van der Waals surface area contributed by atoms with Gasteiger partial charge in [-0.15, -0.1) is 0 Å². The van der Waals surface area contributed by atoms with Crippen molar-refractivity contribution in [2.45, 2.75) is 11.8 Å². The maximum absolute atomic E-state index is 13.6. The Morgan fingerprint density at radius 2 is 1.70 bits per heavy atom. The van der Waals surface area contributed by atoms with Gasteiger partial charge < -0.3 is 4.74 Å². The lowest BCUT2D eigenvalue weighted by Gasteiger charge is -2.39. The highest BCUT2D eigenvalue weighted by Gasteiger charge is 2.71. The molecule has 0 saturated carbocycles. The Kier molecular flexibility index (Phi) is 3.96. The van der Waals surface area contributed by atoms with Crippen molar-refractivity contribution in [1.29, 1.82) is 0 Å². The average molecular weight is 290 g/mol. The van der Waals surface area contributed by atoms with E-state index in [2.05, 4.69) is 0 Å².